The van der Waals surface area contributed by atoms with Crippen molar-refractivity contribution in [2.75, 3.05) is 11.9 Å². The lowest BCUT2D eigenvalue weighted by Gasteiger charge is -2.09. The number of halogens is 2. The summed E-state index contributed by atoms with van der Waals surface area (Å²) in [6.07, 6.45) is -0.228. The number of pyridine rings is 1. The lowest BCUT2D eigenvalue weighted by atomic mass is 10.2. The van der Waals surface area contributed by atoms with Crippen molar-refractivity contribution in [2.24, 2.45) is 0 Å². The number of carbonyl (C=O) groups is 3. The predicted molar refractivity (Wildman–Crippen MR) is 100 cm³/mol. The zero-order valence-corrected chi connectivity index (χ0v) is 16.0. The Morgan fingerprint density at radius 2 is 1.70 bits per heavy atom. The quantitative estimate of drug-likeness (QED) is 0.575. The number of esters is 2. The number of hydrogen-bond acceptors (Lipinski definition) is 6. The van der Waals surface area contributed by atoms with E-state index in [2.05, 4.69) is 10.3 Å². The molecule has 0 unspecified atom stereocenters. The van der Waals surface area contributed by atoms with Crippen molar-refractivity contribution < 1.29 is 23.9 Å². The van der Waals surface area contributed by atoms with E-state index in [0.29, 0.717) is 11.3 Å². The maximum atomic E-state index is 11.9. The van der Waals surface area contributed by atoms with Crippen LogP contribution in [0.5, 0.6) is 0 Å². The van der Waals surface area contributed by atoms with Crippen LogP contribution in [0.3, 0.4) is 0 Å². The Morgan fingerprint density at radius 1 is 1.04 bits per heavy atom. The summed E-state index contributed by atoms with van der Waals surface area (Å²) in [5.41, 5.74) is 0.607. The summed E-state index contributed by atoms with van der Waals surface area (Å²) in [6.45, 7) is 2.96. The number of rotatable bonds is 6. The maximum Gasteiger partial charge on any atom is 0.359 e. The van der Waals surface area contributed by atoms with E-state index in [-0.39, 0.29) is 22.0 Å². The molecule has 0 aliphatic heterocycles. The molecule has 0 spiro atoms. The minimum absolute atomic E-state index is 0.0636. The third-order valence-electron chi connectivity index (χ3n) is 3.09. The third-order valence-corrected chi connectivity index (χ3v) is 3.60. The van der Waals surface area contributed by atoms with Gasteiger partial charge in [0.1, 0.15) is 5.15 Å². The highest BCUT2D eigenvalue weighted by molar-refractivity contribution is 6.34. The summed E-state index contributed by atoms with van der Waals surface area (Å²) in [5, 5.41) is 2.67. The zero-order valence-electron chi connectivity index (χ0n) is 14.5. The Bertz CT molecular complexity index is 853. The second-order valence-electron chi connectivity index (χ2n) is 5.62. The lowest BCUT2D eigenvalue weighted by molar-refractivity contribution is -0.119. The topological polar surface area (TPSA) is 94.6 Å². The molecular formula is C18H16Cl2N2O5. The van der Waals surface area contributed by atoms with Crippen molar-refractivity contribution in [2.45, 2.75) is 20.0 Å². The molecule has 7 nitrogen and oxygen atoms in total. The first kappa shape index (κ1) is 20.7. The first-order chi connectivity index (χ1) is 12.8. The fourth-order valence-electron chi connectivity index (χ4n) is 1.93. The van der Waals surface area contributed by atoms with Gasteiger partial charge in [0, 0.05) is 5.69 Å². The first-order valence-corrected chi connectivity index (χ1v) is 8.62. The summed E-state index contributed by atoms with van der Waals surface area (Å²) in [4.78, 5) is 39.4. The summed E-state index contributed by atoms with van der Waals surface area (Å²) in [7, 11) is 0. The van der Waals surface area contributed by atoms with E-state index in [9.17, 15) is 14.4 Å². The van der Waals surface area contributed by atoms with Gasteiger partial charge in [0.2, 0.25) is 0 Å². The van der Waals surface area contributed by atoms with Crippen LogP contribution in [-0.4, -0.2) is 35.5 Å². The van der Waals surface area contributed by atoms with Crippen molar-refractivity contribution in [1.82, 2.24) is 4.98 Å². The highest BCUT2D eigenvalue weighted by Gasteiger charge is 2.16. The third kappa shape index (κ3) is 6.23. The SMILES string of the molecule is CC(C)OC(=O)c1ccc(NC(=O)COC(=O)c2nc(Cl)ccc2Cl)cc1. The summed E-state index contributed by atoms with van der Waals surface area (Å²) < 4.78 is 9.95. The molecule has 1 aromatic carbocycles. The number of nitrogens with zero attached hydrogens (tertiary/aromatic N) is 1. The number of carbonyl (C=O) groups excluding carboxylic acids is 3. The number of nitrogens with one attached hydrogen (secondary N) is 1. The second kappa shape index (κ2) is 9.34. The van der Waals surface area contributed by atoms with E-state index in [1.807, 2.05) is 0 Å². The monoisotopic (exact) mass is 410 g/mol. The van der Waals surface area contributed by atoms with Crippen LogP contribution in [0, 0.1) is 0 Å². The summed E-state index contributed by atoms with van der Waals surface area (Å²) in [5.74, 6) is -1.90. The van der Waals surface area contributed by atoms with E-state index >= 15 is 0 Å². The summed E-state index contributed by atoms with van der Waals surface area (Å²) in [6, 6.07) is 8.93. The van der Waals surface area contributed by atoms with Gasteiger partial charge in [0.25, 0.3) is 5.91 Å². The van der Waals surface area contributed by atoms with E-state index < -0.39 is 24.5 Å². The fraction of sp³-hybridized carbons (Fsp3) is 0.222. The van der Waals surface area contributed by atoms with Crippen LogP contribution >= 0.6 is 23.2 Å². The minimum Gasteiger partial charge on any atom is -0.459 e. The van der Waals surface area contributed by atoms with Crippen LogP contribution in [-0.2, 0) is 14.3 Å². The van der Waals surface area contributed by atoms with Gasteiger partial charge in [-0.05, 0) is 50.2 Å². The summed E-state index contributed by atoms with van der Waals surface area (Å²) >= 11 is 11.6. The molecule has 142 valence electrons. The first-order valence-electron chi connectivity index (χ1n) is 7.86. The molecule has 9 heteroatoms. The van der Waals surface area contributed by atoms with Gasteiger partial charge >= 0.3 is 11.9 Å². The van der Waals surface area contributed by atoms with E-state index in [0.717, 1.165) is 0 Å². The Labute approximate surface area is 165 Å². The molecule has 1 heterocycles. The number of amides is 1. The molecule has 0 atom stereocenters. The van der Waals surface area contributed by atoms with Gasteiger partial charge < -0.3 is 14.8 Å². The predicted octanol–water partition coefficient (Wildman–Crippen LogP) is 3.75. The maximum absolute atomic E-state index is 11.9. The highest BCUT2D eigenvalue weighted by atomic mass is 35.5. The van der Waals surface area contributed by atoms with Crippen molar-refractivity contribution in [3.05, 3.63) is 57.8 Å². The molecule has 27 heavy (non-hydrogen) atoms. The molecule has 2 rings (SSSR count). The van der Waals surface area contributed by atoms with E-state index in [4.69, 9.17) is 32.7 Å². The number of hydrogen-bond donors (Lipinski definition) is 1. The van der Waals surface area contributed by atoms with Crippen molar-refractivity contribution in [1.29, 1.82) is 0 Å². The molecule has 0 radical (unpaired) electrons. The van der Waals surface area contributed by atoms with Gasteiger partial charge in [-0.15, -0.1) is 0 Å². The van der Waals surface area contributed by atoms with Crippen LogP contribution in [0.15, 0.2) is 36.4 Å². The second-order valence-corrected chi connectivity index (χ2v) is 6.41. The largest absolute Gasteiger partial charge is 0.459 e. The van der Waals surface area contributed by atoms with Crippen LogP contribution in [0.25, 0.3) is 0 Å². The van der Waals surface area contributed by atoms with Crippen LogP contribution in [0.1, 0.15) is 34.7 Å². The molecule has 1 aromatic heterocycles. The van der Waals surface area contributed by atoms with Crippen molar-refractivity contribution >= 4 is 46.7 Å². The van der Waals surface area contributed by atoms with Crippen molar-refractivity contribution in [3.8, 4) is 0 Å². The van der Waals surface area contributed by atoms with Gasteiger partial charge in [-0.25, -0.2) is 14.6 Å². The standard InChI is InChI=1S/C18H16Cl2N2O5/c1-10(2)27-17(24)11-3-5-12(6-4-11)21-15(23)9-26-18(25)16-13(19)7-8-14(20)22-16/h3-8,10H,9H2,1-2H3,(H,21,23). The number of aromatic nitrogens is 1. The lowest BCUT2D eigenvalue weighted by Crippen LogP contribution is -2.21. The minimum atomic E-state index is -0.871. The van der Waals surface area contributed by atoms with Crippen molar-refractivity contribution in [3.63, 3.8) is 0 Å². The van der Waals surface area contributed by atoms with Gasteiger partial charge in [0.15, 0.2) is 12.3 Å². The molecule has 0 saturated heterocycles. The fourth-order valence-corrected chi connectivity index (χ4v) is 2.26. The Balaban J connectivity index is 1.89. The molecule has 0 fully saturated rings. The van der Waals surface area contributed by atoms with Crippen LogP contribution in [0.4, 0.5) is 5.69 Å². The normalized spacial score (nSPS) is 10.4. The highest BCUT2D eigenvalue weighted by Crippen LogP contribution is 2.17. The number of ether oxygens (including phenoxy) is 2. The molecule has 0 aliphatic carbocycles. The van der Waals surface area contributed by atoms with Gasteiger partial charge in [-0.1, -0.05) is 23.2 Å². The molecule has 1 amide bonds. The van der Waals surface area contributed by atoms with Crippen LogP contribution < -0.4 is 5.32 Å². The molecule has 1 N–H and O–H groups in total. The zero-order chi connectivity index (χ0) is 20.0. The van der Waals surface area contributed by atoms with E-state index in [1.165, 1.54) is 36.4 Å². The van der Waals surface area contributed by atoms with Gasteiger partial charge in [-0.2, -0.15) is 0 Å². The van der Waals surface area contributed by atoms with Gasteiger partial charge in [-0.3, -0.25) is 4.79 Å². The van der Waals surface area contributed by atoms with E-state index in [1.54, 1.807) is 13.8 Å². The Hall–Kier alpha value is -2.64. The Morgan fingerprint density at radius 3 is 2.33 bits per heavy atom. The number of anilines is 1. The molecule has 0 saturated carbocycles. The average molecular weight is 411 g/mol. The average Bonchev–Trinajstić information content (AvgIpc) is 2.61. The Kier molecular flexibility index (Phi) is 7.15. The van der Waals surface area contributed by atoms with Crippen LogP contribution in [0.2, 0.25) is 10.2 Å². The molecule has 0 aliphatic rings. The molecule has 2 aromatic rings. The molecule has 0 bridgehead atoms. The number of benzene rings is 1. The van der Waals surface area contributed by atoms with Gasteiger partial charge in [0.05, 0.1) is 16.7 Å². The molecular weight excluding hydrogens is 395 g/mol. The smallest absolute Gasteiger partial charge is 0.359 e.